The van der Waals surface area contributed by atoms with Gasteiger partial charge in [-0.2, -0.15) is 13.3 Å². The Labute approximate surface area is 138 Å². The third-order valence-corrected chi connectivity index (χ3v) is 0.927. The fourth-order valence-corrected chi connectivity index (χ4v) is 0.575. The van der Waals surface area contributed by atoms with Gasteiger partial charge in [0.25, 0.3) is 0 Å². The number of hydrogen-bond donors (Lipinski definition) is 0. The number of aromatic nitrogens is 2. The van der Waals surface area contributed by atoms with Crippen LogP contribution in [0.2, 0.25) is 0 Å². The molecule has 1 rings (SSSR count). The zero-order valence-electron chi connectivity index (χ0n) is 7.32. The van der Waals surface area contributed by atoms with Crippen molar-refractivity contribution in [3.8, 4) is 0 Å². The summed E-state index contributed by atoms with van der Waals surface area (Å²) >= 11 is 0. The predicted molar refractivity (Wildman–Crippen MR) is 37.6 cm³/mol. The fourth-order valence-electron chi connectivity index (χ4n) is 0.575. The number of nitrogens with zero attached hydrogens (tertiary/aromatic N) is 2. The number of hydrogen-bond acceptors (Lipinski definition) is 1. The van der Waals surface area contributed by atoms with Crippen molar-refractivity contribution in [2.75, 3.05) is 0 Å². The Balaban J connectivity index is -0.0000000800. The van der Waals surface area contributed by atoms with Crippen LogP contribution in [0.25, 0.3) is 0 Å². The smallest absolute Gasteiger partial charge is 0.450 e. The minimum atomic E-state index is 0. The van der Waals surface area contributed by atoms with Crippen molar-refractivity contribution in [1.29, 1.82) is 0 Å². The molecule has 0 aliphatic heterocycles. The van der Waals surface area contributed by atoms with Crippen LogP contribution in [-0.4, -0.2) is 4.98 Å². The maximum Gasteiger partial charge on any atom is 2.00 e. The first-order valence-corrected chi connectivity index (χ1v) is 2.63. The Morgan fingerprint density at radius 1 is 1.58 bits per heavy atom. The van der Waals surface area contributed by atoms with E-state index in [-0.39, 0.29) is 92.3 Å². The summed E-state index contributed by atoms with van der Waals surface area (Å²) in [7, 11) is 0. The summed E-state index contributed by atoms with van der Waals surface area (Å²) in [6, 6.07) is 0. The SMILES string of the molecule is C[CH-]Cc1c[n-]cn1.[CH3-].[U].[W+2].[Y]. The largest absolute Gasteiger partial charge is 2.00 e. The molecule has 0 aliphatic carbocycles. The van der Waals surface area contributed by atoms with Gasteiger partial charge in [0.15, 0.2) is 0 Å². The monoisotopic (exact) mass is 634 g/mol. The Morgan fingerprint density at radius 2 is 2.17 bits per heavy atom. The molecule has 5 heteroatoms. The Kier molecular flexibility index (Phi) is 30.6. The number of imidazole rings is 1. The van der Waals surface area contributed by atoms with E-state index in [0.717, 1.165) is 12.1 Å². The van der Waals surface area contributed by atoms with Gasteiger partial charge in [-0.25, -0.2) is 0 Å². The quantitative estimate of drug-likeness (QED) is 0.459. The molecular formula is C7H11N2UWY-. The van der Waals surface area contributed by atoms with Crippen molar-refractivity contribution in [2.45, 2.75) is 13.3 Å². The minimum absolute atomic E-state index is 0. The zero-order chi connectivity index (χ0) is 5.82. The van der Waals surface area contributed by atoms with E-state index in [9.17, 15) is 0 Å². The second kappa shape index (κ2) is 15.5. The topological polar surface area (TPSA) is 27.0 Å². The summed E-state index contributed by atoms with van der Waals surface area (Å²) in [5.41, 5.74) is 1.05. The summed E-state index contributed by atoms with van der Waals surface area (Å²) in [5, 5.41) is 0. The first-order valence-electron chi connectivity index (χ1n) is 2.63. The maximum atomic E-state index is 3.96. The molecule has 2 nitrogen and oxygen atoms in total. The third-order valence-electron chi connectivity index (χ3n) is 0.927. The first kappa shape index (κ1) is 23.7. The van der Waals surface area contributed by atoms with Crippen molar-refractivity contribution in [1.82, 2.24) is 9.97 Å². The van der Waals surface area contributed by atoms with Crippen molar-refractivity contribution in [2.24, 2.45) is 0 Å². The van der Waals surface area contributed by atoms with Crippen LogP contribution in [0.1, 0.15) is 12.6 Å². The molecule has 0 unspecified atom stereocenters. The van der Waals surface area contributed by atoms with E-state index in [0.29, 0.717) is 0 Å². The van der Waals surface area contributed by atoms with E-state index in [1.54, 1.807) is 12.5 Å². The van der Waals surface area contributed by atoms with Crippen molar-refractivity contribution in [3.05, 3.63) is 32.1 Å². The average Bonchev–Trinajstić information content (AvgIpc) is 2.19. The minimum Gasteiger partial charge on any atom is -0.450 e. The molecule has 0 aliphatic rings. The molecule has 1 heterocycles. The number of rotatable bonds is 2. The molecule has 0 atom stereocenters. The van der Waals surface area contributed by atoms with E-state index in [1.807, 2.05) is 6.92 Å². The first-order chi connectivity index (χ1) is 3.93. The summed E-state index contributed by atoms with van der Waals surface area (Å²) in [4.78, 5) is 7.77. The Bertz CT molecular complexity index is 147. The van der Waals surface area contributed by atoms with Crippen LogP contribution in [0.5, 0.6) is 0 Å². The molecule has 0 fully saturated rings. The van der Waals surface area contributed by atoms with Gasteiger partial charge in [0.1, 0.15) is 0 Å². The molecule has 0 amide bonds. The standard InChI is InChI=1S/C6H8N2.CH3.U.W.Y/c1-2-3-6-4-7-5-8-6;;;;/h2,4-5H,3H2,1H3;1H3;;;/q-2;-1;;+2;. The van der Waals surface area contributed by atoms with Crippen LogP contribution < -0.4 is 4.98 Å². The van der Waals surface area contributed by atoms with Gasteiger partial charge >= 0.3 is 21.1 Å². The van der Waals surface area contributed by atoms with Gasteiger partial charge < -0.3 is 23.8 Å². The zero-order valence-corrected chi connectivity index (χ0v) is 17.3. The van der Waals surface area contributed by atoms with Gasteiger partial charge in [-0.05, 0) is 0 Å². The van der Waals surface area contributed by atoms with E-state index >= 15 is 0 Å². The molecule has 12 heavy (non-hydrogen) atoms. The molecule has 63 valence electrons. The predicted octanol–water partition coefficient (Wildman–Crippen LogP) is 1.25. The maximum absolute atomic E-state index is 3.96. The molecule has 0 aromatic carbocycles. The van der Waals surface area contributed by atoms with Gasteiger partial charge in [-0.1, -0.05) is 18.2 Å². The van der Waals surface area contributed by atoms with E-state index in [2.05, 4.69) is 16.4 Å². The molecular weight excluding hydrogens is 623 g/mol. The van der Waals surface area contributed by atoms with E-state index in [1.165, 1.54) is 0 Å². The second-order valence-corrected chi connectivity index (χ2v) is 1.63. The summed E-state index contributed by atoms with van der Waals surface area (Å²) < 4.78 is 0. The van der Waals surface area contributed by atoms with Crippen LogP contribution in [0.3, 0.4) is 0 Å². The van der Waals surface area contributed by atoms with Crippen LogP contribution in [0.4, 0.5) is 0 Å². The summed E-state index contributed by atoms with van der Waals surface area (Å²) in [5.74, 6) is 0. The Morgan fingerprint density at radius 3 is 2.50 bits per heavy atom. The second-order valence-electron chi connectivity index (χ2n) is 1.63. The molecule has 1 radical (unpaired) electrons. The third kappa shape index (κ3) is 10.1. The van der Waals surface area contributed by atoms with Gasteiger partial charge in [0.05, 0.1) is 0 Å². The van der Waals surface area contributed by atoms with Gasteiger partial charge in [-0.3, -0.25) is 0 Å². The fraction of sp³-hybridized carbons (Fsp3) is 0.286. The van der Waals surface area contributed by atoms with Crippen LogP contribution >= 0.6 is 0 Å². The van der Waals surface area contributed by atoms with Crippen LogP contribution in [0, 0.1) is 45.0 Å². The van der Waals surface area contributed by atoms with Crippen LogP contribution in [-0.2, 0) is 60.2 Å². The van der Waals surface area contributed by atoms with Crippen molar-refractivity contribution in [3.63, 3.8) is 0 Å². The molecule has 0 saturated heterocycles. The van der Waals surface area contributed by atoms with Gasteiger partial charge in [0.2, 0.25) is 0 Å². The Hall–Kier alpha value is 2.05. The molecule has 0 N–H and O–H groups in total. The van der Waals surface area contributed by atoms with Gasteiger partial charge in [-0.15, -0.1) is 0 Å². The van der Waals surface area contributed by atoms with E-state index < -0.39 is 0 Å². The van der Waals surface area contributed by atoms with E-state index in [4.69, 9.17) is 0 Å². The van der Waals surface area contributed by atoms with Crippen molar-refractivity contribution >= 4 is 0 Å². The molecule has 0 bridgehead atoms. The molecule has 0 saturated carbocycles. The average molecular weight is 634 g/mol. The molecule has 0 spiro atoms. The molecule has 1 aromatic heterocycles. The summed E-state index contributed by atoms with van der Waals surface area (Å²) in [6.07, 6.45) is 6.34. The normalized spacial score (nSPS) is 6.42. The van der Waals surface area contributed by atoms with Gasteiger partial charge in [0, 0.05) is 63.8 Å². The molecule has 1 aromatic rings. The summed E-state index contributed by atoms with van der Waals surface area (Å²) in [6.45, 7) is 2.01. The van der Waals surface area contributed by atoms with Crippen molar-refractivity contribution < 1.29 is 84.9 Å². The van der Waals surface area contributed by atoms with Crippen LogP contribution in [0.15, 0.2) is 12.5 Å².